The summed E-state index contributed by atoms with van der Waals surface area (Å²) in [5, 5.41) is 0. The standard InChI is InChI=1S/C14H10F2O4/c15-13(16)18-11-6-8-12(9-7-11)20-14(17)19-10-4-2-1-3-5-10/h1-9,13H. The van der Waals surface area contributed by atoms with Crippen molar-refractivity contribution in [3.05, 3.63) is 54.6 Å². The van der Waals surface area contributed by atoms with Gasteiger partial charge in [0.25, 0.3) is 0 Å². The summed E-state index contributed by atoms with van der Waals surface area (Å²) in [5.41, 5.74) is 0. The molecule has 0 saturated heterocycles. The van der Waals surface area contributed by atoms with Crippen LogP contribution in [0.25, 0.3) is 0 Å². The Labute approximate surface area is 113 Å². The predicted octanol–water partition coefficient (Wildman–Crippen LogP) is 3.87. The summed E-state index contributed by atoms with van der Waals surface area (Å²) in [7, 11) is 0. The highest BCUT2D eigenvalue weighted by atomic mass is 19.3. The molecule has 0 bridgehead atoms. The number of benzene rings is 2. The first-order chi connectivity index (χ1) is 9.63. The lowest BCUT2D eigenvalue weighted by atomic mass is 10.3. The van der Waals surface area contributed by atoms with Gasteiger partial charge in [-0.3, -0.25) is 0 Å². The van der Waals surface area contributed by atoms with E-state index in [0.29, 0.717) is 5.75 Å². The Morgan fingerprint density at radius 2 is 1.30 bits per heavy atom. The van der Waals surface area contributed by atoms with Gasteiger partial charge >= 0.3 is 12.8 Å². The number of carbonyl (C=O) groups excluding carboxylic acids is 1. The molecule has 0 fully saturated rings. The van der Waals surface area contributed by atoms with Crippen LogP contribution in [0.15, 0.2) is 54.6 Å². The van der Waals surface area contributed by atoms with E-state index in [2.05, 4.69) is 4.74 Å². The van der Waals surface area contributed by atoms with Crippen LogP contribution in [-0.4, -0.2) is 12.8 Å². The lowest BCUT2D eigenvalue weighted by Crippen LogP contribution is -2.13. The van der Waals surface area contributed by atoms with Gasteiger partial charge in [-0.15, -0.1) is 0 Å². The highest BCUT2D eigenvalue weighted by Gasteiger charge is 2.09. The molecule has 0 atom stereocenters. The maximum atomic E-state index is 11.9. The third-order valence-corrected chi connectivity index (χ3v) is 2.19. The van der Waals surface area contributed by atoms with E-state index in [4.69, 9.17) is 9.47 Å². The van der Waals surface area contributed by atoms with Crippen LogP contribution in [0, 0.1) is 0 Å². The molecule has 2 rings (SSSR count). The average Bonchev–Trinajstić information content (AvgIpc) is 2.41. The maximum absolute atomic E-state index is 11.9. The molecule has 4 nitrogen and oxygen atoms in total. The van der Waals surface area contributed by atoms with Crippen LogP contribution in [0.2, 0.25) is 0 Å². The van der Waals surface area contributed by atoms with Gasteiger partial charge in [0.2, 0.25) is 0 Å². The Hall–Kier alpha value is -2.63. The fourth-order valence-corrected chi connectivity index (χ4v) is 1.39. The summed E-state index contributed by atoms with van der Waals surface area (Å²) in [4.78, 5) is 11.4. The Balaban J connectivity index is 1.91. The topological polar surface area (TPSA) is 44.8 Å². The zero-order valence-electron chi connectivity index (χ0n) is 10.2. The number of halogens is 2. The molecule has 0 unspecified atom stereocenters. The zero-order chi connectivity index (χ0) is 14.4. The second kappa shape index (κ2) is 6.51. The van der Waals surface area contributed by atoms with E-state index in [1.54, 1.807) is 30.3 Å². The molecule has 6 heteroatoms. The van der Waals surface area contributed by atoms with Crippen molar-refractivity contribution in [1.82, 2.24) is 0 Å². The minimum absolute atomic E-state index is 0.0243. The van der Waals surface area contributed by atoms with Crippen molar-refractivity contribution in [2.24, 2.45) is 0 Å². The Morgan fingerprint density at radius 3 is 1.85 bits per heavy atom. The number of hydrogen-bond acceptors (Lipinski definition) is 4. The minimum Gasteiger partial charge on any atom is -0.435 e. The van der Waals surface area contributed by atoms with Crippen LogP contribution in [0.4, 0.5) is 13.6 Å². The van der Waals surface area contributed by atoms with Crippen LogP contribution < -0.4 is 14.2 Å². The molecule has 0 spiro atoms. The SMILES string of the molecule is O=C(Oc1ccccc1)Oc1ccc(OC(F)F)cc1. The monoisotopic (exact) mass is 280 g/mol. The number of ether oxygens (including phenoxy) is 3. The molecular weight excluding hydrogens is 270 g/mol. The second-order valence-electron chi connectivity index (χ2n) is 3.62. The van der Waals surface area contributed by atoms with E-state index in [-0.39, 0.29) is 11.5 Å². The summed E-state index contributed by atoms with van der Waals surface area (Å²) >= 11 is 0. The summed E-state index contributed by atoms with van der Waals surface area (Å²) in [6.07, 6.45) is -0.918. The van der Waals surface area contributed by atoms with E-state index < -0.39 is 12.8 Å². The molecule has 2 aromatic carbocycles. The highest BCUT2D eigenvalue weighted by Crippen LogP contribution is 2.20. The Morgan fingerprint density at radius 1 is 0.800 bits per heavy atom. The maximum Gasteiger partial charge on any atom is 0.519 e. The van der Waals surface area contributed by atoms with Crippen molar-refractivity contribution in [2.75, 3.05) is 0 Å². The van der Waals surface area contributed by atoms with Crippen LogP contribution in [-0.2, 0) is 0 Å². The average molecular weight is 280 g/mol. The summed E-state index contributed by atoms with van der Waals surface area (Å²) < 4.78 is 37.8. The smallest absolute Gasteiger partial charge is 0.435 e. The van der Waals surface area contributed by atoms with Crippen LogP contribution in [0.5, 0.6) is 17.2 Å². The Bertz CT molecular complexity index is 555. The normalized spacial score (nSPS) is 10.2. The van der Waals surface area contributed by atoms with Crippen LogP contribution in [0.3, 0.4) is 0 Å². The van der Waals surface area contributed by atoms with Gasteiger partial charge in [0.15, 0.2) is 0 Å². The van der Waals surface area contributed by atoms with Gasteiger partial charge in [-0.25, -0.2) is 4.79 Å². The van der Waals surface area contributed by atoms with Gasteiger partial charge in [0.05, 0.1) is 0 Å². The fourth-order valence-electron chi connectivity index (χ4n) is 1.39. The molecule has 2 aromatic rings. The van der Waals surface area contributed by atoms with Crippen LogP contribution >= 0.6 is 0 Å². The molecule has 0 aromatic heterocycles. The first-order valence-corrected chi connectivity index (χ1v) is 5.63. The molecule has 0 heterocycles. The van der Waals surface area contributed by atoms with Gasteiger partial charge < -0.3 is 14.2 Å². The molecule has 0 saturated carbocycles. The Kier molecular flexibility index (Phi) is 4.49. The molecule has 0 aliphatic rings. The number of para-hydroxylation sites is 1. The van der Waals surface area contributed by atoms with E-state index in [1.165, 1.54) is 24.3 Å². The molecule has 0 N–H and O–H groups in total. The van der Waals surface area contributed by atoms with Crippen molar-refractivity contribution >= 4 is 6.16 Å². The van der Waals surface area contributed by atoms with E-state index >= 15 is 0 Å². The van der Waals surface area contributed by atoms with Gasteiger partial charge in [0.1, 0.15) is 17.2 Å². The van der Waals surface area contributed by atoms with Crippen molar-refractivity contribution in [1.29, 1.82) is 0 Å². The highest BCUT2D eigenvalue weighted by molar-refractivity contribution is 5.67. The number of hydrogen-bond donors (Lipinski definition) is 0. The first-order valence-electron chi connectivity index (χ1n) is 5.63. The lowest BCUT2D eigenvalue weighted by molar-refractivity contribution is -0.0498. The number of carbonyl (C=O) groups is 1. The molecule has 104 valence electrons. The minimum atomic E-state index is -2.90. The van der Waals surface area contributed by atoms with Crippen LogP contribution in [0.1, 0.15) is 0 Å². The zero-order valence-corrected chi connectivity index (χ0v) is 10.2. The summed E-state index contributed by atoms with van der Waals surface area (Å²) in [6.45, 7) is -2.90. The largest absolute Gasteiger partial charge is 0.519 e. The van der Waals surface area contributed by atoms with Crippen molar-refractivity contribution in [3.63, 3.8) is 0 Å². The van der Waals surface area contributed by atoms with Crippen molar-refractivity contribution in [3.8, 4) is 17.2 Å². The van der Waals surface area contributed by atoms with E-state index in [0.717, 1.165) is 0 Å². The molecule has 0 radical (unpaired) electrons. The molecular formula is C14H10F2O4. The molecule has 0 amide bonds. The van der Waals surface area contributed by atoms with Gasteiger partial charge in [-0.1, -0.05) is 18.2 Å². The predicted molar refractivity (Wildman–Crippen MR) is 66.2 cm³/mol. The van der Waals surface area contributed by atoms with E-state index in [1.807, 2.05) is 0 Å². The first kappa shape index (κ1) is 13.8. The lowest BCUT2D eigenvalue weighted by Gasteiger charge is -2.07. The van der Waals surface area contributed by atoms with Crippen molar-refractivity contribution in [2.45, 2.75) is 6.61 Å². The number of alkyl halides is 2. The quantitative estimate of drug-likeness (QED) is 0.630. The summed E-state index contributed by atoms with van der Waals surface area (Å²) in [6, 6.07) is 13.6. The van der Waals surface area contributed by atoms with Crippen molar-refractivity contribution < 1.29 is 27.8 Å². The van der Waals surface area contributed by atoms with Gasteiger partial charge in [0, 0.05) is 0 Å². The third kappa shape index (κ3) is 4.24. The van der Waals surface area contributed by atoms with Gasteiger partial charge in [-0.05, 0) is 36.4 Å². The molecule has 0 aliphatic heterocycles. The third-order valence-electron chi connectivity index (χ3n) is 2.19. The fraction of sp³-hybridized carbons (Fsp3) is 0.0714. The molecule has 20 heavy (non-hydrogen) atoms. The van der Waals surface area contributed by atoms with Gasteiger partial charge in [-0.2, -0.15) is 8.78 Å². The van der Waals surface area contributed by atoms with E-state index in [9.17, 15) is 13.6 Å². The second-order valence-corrected chi connectivity index (χ2v) is 3.62. The summed E-state index contributed by atoms with van der Waals surface area (Å²) in [5.74, 6) is 0.478. The number of rotatable bonds is 4. The molecule has 0 aliphatic carbocycles.